The van der Waals surface area contributed by atoms with Gasteiger partial charge in [0.25, 0.3) is 5.56 Å². The summed E-state index contributed by atoms with van der Waals surface area (Å²) < 4.78 is 6.73. The van der Waals surface area contributed by atoms with E-state index in [1.54, 1.807) is 23.0 Å². The lowest BCUT2D eigenvalue weighted by Crippen LogP contribution is -2.34. The largest absolute Gasteiger partial charge is 0.385 e. The zero-order valence-corrected chi connectivity index (χ0v) is 16.7. The first-order valence-corrected chi connectivity index (χ1v) is 10.5. The fourth-order valence-electron chi connectivity index (χ4n) is 3.10. The van der Waals surface area contributed by atoms with Crippen molar-refractivity contribution in [3.63, 3.8) is 0 Å². The first-order valence-electron chi connectivity index (χ1n) is 8.73. The number of primary amides is 1. The Morgan fingerprint density at radius 1 is 1.41 bits per heavy atom. The van der Waals surface area contributed by atoms with E-state index in [1.807, 2.05) is 0 Å². The summed E-state index contributed by atoms with van der Waals surface area (Å²) in [5.74, 6) is -0.872. The number of rotatable bonds is 9. The molecule has 1 aliphatic rings. The van der Waals surface area contributed by atoms with Crippen molar-refractivity contribution in [3.05, 3.63) is 20.8 Å². The van der Waals surface area contributed by atoms with Crippen molar-refractivity contribution in [1.82, 2.24) is 14.9 Å². The van der Waals surface area contributed by atoms with Gasteiger partial charge in [-0.3, -0.25) is 19.0 Å². The Hall–Kier alpha value is -1.91. The van der Waals surface area contributed by atoms with Crippen molar-refractivity contribution in [2.24, 2.45) is 5.73 Å². The number of aromatic nitrogens is 2. The molecule has 2 aromatic rings. The second-order valence-electron chi connectivity index (χ2n) is 6.27. The molecule has 0 radical (unpaired) electrons. The summed E-state index contributed by atoms with van der Waals surface area (Å²) >= 11 is 2.76. The van der Waals surface area contributed by atoms with Gasteiger partial charge in [0.2, 0.25) is 11.8 Å². The first kappa shape index (κ1) is 19.8. The van der Waals surface area contributed by atoms with Crippen molar-refractivity contribution in [2.75, 3.05) is 26.0 Å². The molecule has 3 rings (SSSR count). The molecule has 0 bridgehead atoms. The quantitative estimate of drug-likeness (QED) is 0.357. The van der Waals surface area contributed by atoms with Crippen LogP contribution < -0.4 is 16.6 Å². The molecule has 2 heterocycles. The van der Waals surface area contributed by atoms with Crippen LogP contribution in [0.2, 0.25) is 0 Å². The SMILES string of the molecule is COCCCn1c(SCC(=O)NCC(N)=O)nc2sc3c(c2c1=O)CCC3. The summed E-state index contributed by atoms with van der Waals surface area (Å²) in [6, 6.07) is 0. The molecule has 0 atom stereocenters. The number of amides is 2. The summed E-state index contributed by atoms with van der Waals surface area (Å²) in [7, 11) is 1.62. The molecule has 8 nitrogen and oxygen atoms in total. The number of nitrogens with two attached hydrogens (primary N) is 1. The Balaban J connectivity index is 1.87. The lowest BCUT2D eigenvalue weighted by atomic mass is 10.2. The smallest absolute Gasteiger partial charge is 0.263 e. The van der Waals surface area contributed by atoms with Gasteiger partial charge in [-0.15, -0.1) is 11.3 Å². The molecule has 0 aromatic carbocycles. The van der Waals surface area contributed by atoms with Crippen LogP contribution in [0.4, 0.5) is 0 Å². The average molecular weight is 411 g/mol. The third kappa shape index (κ3) is 4.50. The standard InChI is InChI=1S/C17H22N4O4S2/c1-25-7-3-6-21-16(24)14-10-4-2-5-11(10)27-15(14)20-17(21)26-9-13(23)19-8-12(18)22/h2-9H2,1H3,(H2,18,22)(H,19,23). The van der Waals surface area contributed by atoms with E-state index in [4.69, 9.17) is 10.5 Å². The minimum atomic E-state index is -0.600. The normalized spacial score (nSPS) is 13.1. The summed E-state index contributed by atoms with van der Waals surface area (Å²) in [4.78, 5) is 42.5. The molecule has 1 aliphatic carbocycles. The number of hydrogen-bond donors (Lipinski definition) is 2. The number of ether oxygens (including phenoxy) is 1. The monoisotopic (exact) mass is 410 g/mol. The molecule has 2 amide bonds. The highest BCUT2D eigenvalue weighted by Crippen LogP contribution is 2.35. The lowest BCUT2D eigenvalue weighted by molar-refractivity contribution is -0.123. The third-order valence-electron chi connectivity index (χ3n) is 4.31. The number of thioether (sulfide) groups is 1. The van der Waals surface area contributed by atoms with Crippen LogP contribution in [0, 0.1) is 0 Å². The molecule has 10 heteroatoms. The van der Waals surface area contributed by atoms with Gasteiger partial charge in [0.1, 0.15) is 4.83 Å². The van der Waals surface area contributed by atoms with E-state index in [-0.39, 0.29) is 23.8 Å². The Kier molecular flexibility index (Phi) is 6.51. The first-order chi connectivity index (χ1) is 13.0. The molecule has 3 N–H and O–H groups in total. The summed E-state index contributed by atoms with van der Waals surface area (Å²) in [6.07, 6.45) is 3.68. The zero-order valence-electron chi connectivity index (χ0n) is 15.1. The summed E-state index contributed by atoms with van der Waals surface area (Å²) in [5, 5.41) is 3.68. The van der Waals surface area contributed by atoms with Crippen molar-refractivity contribution in [2.45, 2.75) is 37.4 Å². The zero-order chi connectivity index (χ0) is 19.4. The summed E-state index contributed by atoms with van der Waals surface area (Å²) in [5.41, 5.74) is 6.13. The maximum atomic E-state index is 13.1. The molecule has 0 fully saturated rings. The van der Waals surface area contributed by atoms with E-state index in [0.29, 0.717) is 24.7 Å². The van der Waals surface area contributed by atoms with E-state index in [1.165, 1.54) is 16.6 Å². The van der Waals surface area contributed by atoms with Crippen LogP contribution in [0.25, 0.3) is 10.2 Å². The second-order valence-corrected chi connectivity index (χ2v) is 8.29. The predicted molar refractivity (Wildman–Crippen MR) is 105 cm³/mol. The molecule has 146 valence electrons. The van der Waals surface area contributed by atoms with E-state index in [2.05, 4.69) is 10.3 Å². The molecular formula is C17H22N4O4S2. The maximum absolute atomic E-state index is 13.1. The van der Waals surface area contributed by atoms with Crippen LogP contribution in [0.15, 0.2) is 9.95 Å². The third-order valence-corrected chi connectivity index (χ3v) is 6.47. The fourth-order valence-corrected chi connectivity index (χ4v) is 5.26. The van der Waals surface area contributed by atoms with Crippen molar-refractivity contribution < 1.29 is 14.3 Å². The van der Waals surface area contributed by atoms with Crippen LogP contribution in [-0.4, -0.2) is 47.4 Å². The number of methoxy groups -OCH3 is 1. The van der Waals surface area contributed by atoms with Gasteiger partial charge in [-0.1, -0.05) is 11.8 Å². The van der Waals surface area contributed by atoms with Crippen LogP contribution >= 0.6 is 23.1 Å². The number of nitrogens with one attached hydrogen (secondary N) is 1. The molecule has 0 saturated carbocycles. The number of nitrogens with zero attached hydrogens (tertiary/aromatic N) is 2. The van der Waals surface area contributed by atoms with Gasteiger partial charge >= 0.3 is 0 Å². The fraction of sp³-hybridized carbons (Fsp3) is 0.529. The molecule has 0 unspecified atom stereocenters. The van der Waals surface area contributed by atoms with Crippen LogP contribution in [0.3, 0.4) is 0 Å². The van der Waals surface area contributed by atoms with Gasteiger partial charge in [0.15, 0.2) is 5.16 Å². The number of thiophene rings is 1. The van der Waals surface area contributed by atoms with Gasteiger partial charge in [-0.25, -0.2) is 4.98 Å². The number of aryl methyl sites for hydroxylation is 2. The van der Waals surface area contributed by atoms with Crippen LogP contribution in [0.1, 0.15) is 23.3 Å². The highest BCUT2D eigenvalue weighted by molar-refractivity contribution is 7.99. The minimum absolute atomic E-state index is 0.0458. The Bertz CT molecular complexity index is 922. The van der Waals surface area contributed by atoms with Crippen molar-refractivity contribution in [3.8, 4) is 0 Å². The van der Waals surface area contributed by atoms with Crippen molar-refractivity contribution >= 4 is 45.1 Å². The van der Waals surface area contributed by atoms with E-state index >= 15 is 0 Å². The van der Waals surface area contributed by atoms with Crippen LogP contribution in [-0.2, 0) is 33.7 Å². The molecule has 0 aliphatic heterocycles. The molecule has 0 spiro atoms. The number of hydrogen-bond acceptors (Lipinski definition) is 7. The highest BCUT2D eigenvalue weighted by atomic mass is 32.2. The van der Waals surface area contributed by atoms with Crippen LogP contribution in [0.5, 0.6) is 0 Å². The highest BCUT2D eigenvalue weighted by Gasteiger charge is 2.23. The Morgan fingerprint density at radius 3 is 2.96 bits per heavy atom. The number of carbonyl (C=O) groups excluding carboxylic acids is 2. The maximum Gasteiger partial charge on any atom is 0.263 e. The molecule has 2 aromatic heterocycles. The topological polar surface area (TPSA) is 116 Å². The Morgan fingerprint density at radius 2 is 2.22 bits per heavy atom. The molecule has 27 heavy (non-hydrogen) atoms. The van der Waals surface area contributed by atoms with Gasteiger partial charge in [0, 0.05) is 25.1 Å². The number of fused-ring (bicyclic) bond motifs is 3. The van der Waals surface area contributed by atoms with Crippen molar-refractivity contribution in [1.29, 1.82) is 0 Å². The minimum Gasteiger partial charge on any atom is -0.385 e. The van der Waals surface area contributed by atoms with Gasteiger partial charge in [-0.2, -0.15) is 0 Å². The molecular weight excluding hydrogens is 388 g/mol. The van der Waals surface area contributed by atoms with E-state index < -0.39 is 5.91 Å². The Labute approximate surface area is 164 Å². The number of carbonyl (C=O) groups is 2. The second kappa shape index (κ2) is 8.85. The van der Waals surface area contributed by atoms with Gasteiger partial charge in [-0.05, 0) is 31.2 Å². The van der Waals surface area contributed by atoms with Gasteiger partial charge < -0.3 is 15.8 Å². The van der Waals surface area contributed by atoms with E-state index in [0.717, 1.165) is 35.0 Å². The van der Waals surface area contributed by atoms with Gasteiger partial charge in [0.05, 0.1) is 17.7 Å². The molecule has 0 saturated heterocycles. The summed E-state index contributed by atoms with van der Waals surface area (Å²) in [6.45, 7) is 0.811. The predicted octanol–water partition coefficient (Wildman–Crippen LogP) is 0.677. The van der Waals surface area contributed by atoms with E-state index in [9.17, 15) is 14.4 Å². The lowest BCUT2D eigenvalue weighted by Gasteiger charge is -2.12. The average Bonchev–Trinajstić information content (AvgIpc) is 3.21.